The molecule has 0 saturated heterocycles. The van der Waals surface area contributed by atoms with Crippen LogP contribution in [-0.2, 0) is 16.0 Å². The number of aromatic hydroxyl groups is 1. The summed E-state index contributed by atoms with van der Waals surface area (Å²) in [4.78, 5) is 12.9. The Hall–Kier alpha value is -3.21. The van der Waals surface area contributed by atoms with Gasteiger partial charge in [0.2, 0.25) is 0 Å². The molecule has 5 heteroatoms. The van der Waals surface area contributed by atoms with Gasteiger partial charge in [-0.2, -0.15) is 0 Å². The van der Waals surface area contributed by atoms with Crippen molar-refractivity contribution < 1.29 is 24.1 Å². The number of methoxy groups -OCH3 is 1. The first-order valence-corrected chi connectivity index (χ1v) is 11.4. The molecule has 0 fully saturated rings. The van der Waals surface area contributed by atoms with Gasteiger partial charge in [0.15, 0.2) is 0 Å². The van der Waals surface area contributed by atoms with Gasteiger partial charge >= 0.3 is 5.97 Å². The van der Waals surface area contributed by atoms with Crippen LogP contribution in [0.4, 0.5) is 0 Å². The van der Waals surface area contributed by atoms with E-state index in [1.165, 1.54) is 0 Å². The minimum Gasteiger partial charge on any atom is -0.507 e. The zero-order chi connectivity index (χ0) is 23.9. The van der Waals surface area contributed by atoms with Gasteiger partial charge in [-0.25, -0.2) is 0 Å². The second-order valence-corrected chi connectivity index (χ2v) is 9.39. The summed E-state index contributed by atoms with van der Waals surface area (Å²) in [5.41, 5.74) is 3.98. The molecule has 1 N–H and O–H groups in total. The Bertz CT molecular complexity index is 1230. The molecule has 174 valence electrons. The summed E-state index contributed by atoms with van der Waals surface area (Å²) in [5.74, 6) is 1.30. The Morgan fingerprint density at radius 3 is 2.52 bits per heavy atom. The van der Waals surface area contributed by atoms with Crippen molar-refractivity contribution in [1.82, 2.24) is 0 Å². The van der Waals surface area contributed by atoms with E-state index in [4.69, 9.17) is 14.2 Å². The Kier molecular flexibility index (Phi) is 6.00. The average Bonchev–Trinajstić information content (AvgIpc) is 2.83. The normalized spacial score (nSPS) is 18.4. The van der Waals surface area contributed by atoms with Gasteiger partial charge in [-0.1, -0.05) is 24.3 Å². The van der Waals surface area contributed by atoms with Crippen LogP contribution < -0.4 is 9.47 Å². The average molecular weight is 449 g/mol. The van der Waals surface area contributed by atoms with Crippen molar-refractivity contribution in [1.29, 1.82) is 0 Å². The summed E-state index contributed by atoms with van der Waals surface area (Å²) >= 11 is 0. The number of hydrogen-bond donors (Lipinski definition) is 1. The first-order chi connectivity index (χ1) is 15.6. The van der Waals surface area contributed by atoms with Gasteiger partial charge in [-0.05, 0) is 92.6 Å². The van der Waals surface area contributed by atoms with Gasteiger partial charge in [0.1, 0.15) is 29.5 Å². The number of ether oxygens (including phenoxy) is 3. The summed E-state index contributed by atoms with van der Waals surface area (Å²) in [5, 5.41) is 12.5. The largest absolute Gasteiger partial charge is 0.507 e. The van der Waals surface area contributed by atoms with Gasteiger partial charge in [-0.15, -0.1) is 0 Å². The first-order valence-electron chi connectivity index (χ1n) is 11.4. The maximum Gasteiger partial charge on any atom is 0.313 e. The second kappa shape index (κ2) is 8.62. The van der Waals surface area contributed by atoms with Crippen LogP contribution in [0.15, 0.2) is 36.4 Å². The predicted molar refractivity (Wildman–Crippen MR) is 130 cm³/mol. The minimum absolute atomic E-state index is 0.179. The van der Waals surface area contributed by atoms with Crippen molar-refractivity contribution in [3.05, 3.63) is 64.2 Å². The third-order valence-electron chi connectivity index (χ3n) is 7.04. The number of fused-ring (bicyclic) bond motifs is 2. The Labute approximate surface area is 195 Å². The SMILES string of the molecule is COc1ccc2cc([C@H](C)C(=O)OC[C@]3(C)CCc4c(C)c(O)c(C)c(C)c4O3)ccc2c1. The molecule has 0 radical (unpaired) electrons. The lowest BCUT2D eigenvalue weighted by molar-refractivity contribution is -0.151. The van der Waals surface area contributed by atoms with Gasteiger partial charge < -0.3 is 19.3 Å². The first kappa shape index (κ1) is 23.0. The maximum absolute atomic E-state index is 12.9. The van der Waals surface area contributed by atoms with Crippen molar-refractivity contribution in [2.45, 2.75) is 59.0 Å². The van der Waals surface area contributed by atoms with E-state index in [0.717, 1.165) is 56.5 Å². The Balaban J connectivity index is 1.47. The molecule has 5 nitrogen and oxygen atoms in total. The molecule has 1 aliphatic rings. The molecule has 0 aliphatic carbocycles. The number of phenolic OH excluding ortho intramolecular Hbond substituents is 1. The summed E-state index contributed by atoms with van der Waals surface area (Å²) in [6.45, 7) is 9.81. The van der Waals surface area contributed by atoms with E-state index in [0.29, 0.717) is 12.2 Å². The van der Waals surface area contributed by atoms with Crippen molar-refractivity contribution in [3.63, 3.8) is 0 Å². The smallest absolute Gasteiger partial charge is 0.313 e. The van der Waals surface area contributed by atoms with Crippen molar-refractivity contribution in [2.75, 3.05) is 13.7 Å². The number of benzene rings is 3. The molecular weight excluding hydrogens is 416 g/mol. The summed E-state index contributed by atoms with van der Waals surface area (Å²) < 4.78 is 17.4. The van der Waals surface area contributed by atoms with E-state index >= 15 is 0 Å². The Morgan fingerprint density at radius 2 is 1.79 bits per heavy atom. The van der Waals surface area contributed by atoms with Crippen LogP contribution in [0.25, 0.3) is 10.8 Å². The number of hydrogen-bond acceptors (Lipinski definition) is 5. The van der Waals surface area contributed by atoms with Gasteiger partial charge in [-0.3, -0.25) is 4.79 Å². The predicted octanol–water partition coefficient (Wildman–Crippen LogP) is 5.91. The van der Waals surface area contributed by atoms with Gasteiger partial charge in [0.05, 0.1) is 13.0 Å². The van der Waals surface area contributed by atoms with E-state index in [1.807, 2.05) is 71.0 Å². The van der Waals surface area contributed by atoms with Crippen molar-refractivity contribution in [2.24, 2.45) is 0 Å². The molecule has 1 heterocycles. The Morgan fingerprint density at radius 1 is 1.09 bits per heavy atom. The third-order valence-corrected chi connectivity index (χ3v) is 7.04. The molecule has 3 aromatic carbocycles. The molecule has 3 aromatic rings. The van der Waals surface area contributed by atoms with Crippen molar-refractivity contribution >= 4 is 16.7 Å². The number of carbonyl (C=O) groups excluding carboxylic acids is 1. The molecule has 0 unspecified atom stereocenters. The fourth-order valence-corrected chi connectivity index (χ4v) is 4.52. The van der Waals surface area contributed by atoms with Crippen LogP contribution >= 0.6 is 0 Å². The lowest BCUT2D eigenvalue weighted by Gasteiger charge is -2.37. The molecule has 0 aromatic heterocycles. The number of rotatable bonds is 5. The lowest BCUT2D eigenvalue weighted by atomic mass is 9.87. The molecular formula is C28H32O5. The van der Waals surface area contributed by atoms with E-state index in [-0.39, 0.29) is 18.5 Å². The highest BCUT2D eigenvalue weighted by Gasteiger charge is 2.36. The fraction of sp³-hybridized carbons (Fsp3) is 0.393. The van der Waals surface area contributed by atoms with E-state index in [2.05, 4.69) is 0 Å². The topological polar surface area (TPSA) is 65.0 Å². The summed E-state index contributed by atoms with van der Waals surface area (Å²) in [7, 11) is 1.65. The van der Waals surface area contributed by atoms with E-state index < -0.39 is 5.60 Å². The zero-order valence-corrected chi connectivity index (χ0v) is 20.2. The van der Waals surface area contributed by atoms with Crippen LogP contribution in [0.2, 0.25) is 0 Å². The van der Waals surface area contributed by atoms with E-state index in [1.54, 1.807) is 7.11 Å². The van der Waals surface area contributed by atoms with Crippen LogP contribution in [0.1, 0.15) is 54.0 Å². The van der Waals surface area contributed by atoms with Crippen LogP contribution in [0.3, 0.4) is 0 Å². The number of esters is 1. The summed E-state index contributed by atoms with van der Waals surface area (Å²) in [6, 6.07) is 11.9. The number of carbonyl (C=O) groups is 1. The van der Waals surface area contributed by atoms with Gasteiger partial charge in [0, 0.05) is 5.56 Å². The molecule has 0 amide bonds. The maximum atomic E-state index is 12.9. The zero-order valence-electron chi connectivity index (χ0n) is 20.2. The highest BCUT2D eigenvalue weighted by molar-refractivity contribution is 5.86. The standard InChI is InChI=1S/C28H32O5/c1-16-17(2)26-24(19(4)25(16)29)11-12-28(5,33-26)15-32-27(30)18(3)20-7-8-22-14-23(31-6)10-9-21(22)13-20/h7-10,13-14,18,29H,11-12,15H2,1-6H3/t18-,28-/m0/s1. The molecule has 0 saturated carbocycles. The molecule has 0 spiro atoms. The molecule has 2 atom stereocenters. The third kappa shape index (κ3) is 4.24. The molecule has 0 bridgehead atoms. The highest BCUT2D eigenvalue weighted by atomic mass is 16.6. The van der Waals surface area contributed by atoms with Crippen molar-refractivity contribution in [3.8, 4) is 17.2 Å². The minimum atomic E-state index is -0.608. The fourth-order valence-electron chi connectivity index (χ4n) is 4.52. The number of phenols is 1. The summed E-state index contributed by atoms with van der Waals surface area (Å²) in [6.07, 6.45) is 1.48. The van der Waals surface area contributed by atoms with E-state index in [9.17, 15) is 9.90 Å². The monoisotopic (exact) mass is 448 g/mol. The van der Waals surface area contributed by atoms with Crippen LogP contribution in [0.5, 0.6) is 17.2 Å². The molecule has 33 heavy (non-hydrogen) atoms. The molecule has 1 aliphatic heterocycles. The van der Waals surface area contributed by atoms with Crippen LogP contribution in [-0.4, -0.2) is 30.4 Å². The van der Waals surface area contributed by atoms with Crippen LogP contribution in [0, 0.1) is 20.8 Å². The highest BCUT2D eigenvalue weighted by Crippen LogP contribution is 2.43. The molecule has 4 rings (SSSR count). The second-order valence-electron chi connectivity index (χ2n) is 9.39. The van der Waals surface area contributed by atoms with Gasteiger partial charge in [0.25, 0.3) is 0 Å². The quantitative estimate of drug-likeness (QED) is 0.492. The lowest BCUT2D eigenvalue weighted by Crippen LogP contribution is -2.42.